The Hall–Kier alpha value is -3.19. The highest BCUT2D eigenvalue weighted by molar-refractivity contribution is 7.13. The van der Waals surface area contributed by atoms with Crippen molar-refractivity contribution in [3.8, 4) is 16.3 Å². The molecule has 1 aliphatic rings. The molecule has 6 nitrogen and oxygen atoms in total. The number of aromatic nitrogens is 1. The first kappa shape index (κ1) is 22.0. The van der Waals surface area contributed by atoms with Crippen LogP contribution in [0.3, 0.4) is 0 Å². The van der Waals surface area contributed by atoms with Crippen molar-refractivity contribution in [1.82, 2.24) is 14.8 Å². The molecule has 7 heteroatoms. The first-order valence-corrected chi connectivity index (χ1v) is 11.7. The average Bonchev–Trinajstić information content (AvgIpc) is 3.34. The summed E-state index contributed by atoms with van der Waals surface area (Å²) >= 11 is 1.43. The number of thiazole rings is 1. The molecule has 0 N–H and O–H groups in total. The average molecular weight is 450 g/mol. The molecule has 1 fully saturated rings. The number of benzene rings is 2. The van der Waals surface area contributed by atoms with Crippen LogP contribution in [0.2, 0.25) is 0 Å². The smallest absolute Gasteiger partial charge is 0.273 e. The number of hydrogen-bond acceptors (Lipinski definition) is 5. The van der Waals surface area contributed by atoms with Crippen LogP contribution in [0.15, 0.2) is 60.0 Å². The van der Waals surface area contributed by atoms with Crippen molar-refractivity contribution in [1.29, 1.82) is 0 Å². The number of hydrogen-bond donors (Lipinski definition) is 0. The molecule has 2 amide bonds. The van der Waals surface area contributed by atoms with E-state index in [1.165, 1.54) is 16.9 Å². The molecule has 2 aromatic carbocycles. The zero-order valence-electron chi connectivity index (χ0n) is 18.2. The number of methoxy groups -OCH3 is 1. The number of rotatable bonds is 7. The number of aryl methyl sites for hydroxylation is 1. The first-order valence-electron chi connectivity index (χ1n) is 10.9. The number of para-hydroxylation sites is 1. The second kappa shape index (κ2) is 10.4. The highest BCUT2D eigenvalue weighted by Crippen LogP contribution is 2.32. The molecule has 1 aromatic heterocycles. The zero-order valence-corrected chi connectivity index (χ0v) is 19.0. The summed E-state index contributed by atoms with van der Waals surface area (Å²) in [6, 6.07) is 17.9. The van der Waals surface area contributed by atoms with Crippen molar-refractivity contribution in [3.63, 3.8) is 0 Å². The van der Waals surface area contributed by atoms with Crippen LogP contribution in [-0.4, -0.2) is 59.9 Å². The minimum atomic E-state index is -0.0847. The van der Waals surface area contributed by atoms with Gasteiger partial charge in [-0.25, -0.2) is 4.98 Å². The van der Waals surface area contributed by atoms with Gasteiger partial charge in [-0.1, -0.05) is 42.5 Å². The van der Waals surface area contributed by atoms with E-state index in [0.29, 0.717) is 38.3 Å². The molecule has 0 unspecified atom stereocenters. The van der Waals surface area contributed by atoms with Crippen LogP contribution < -0.4 is 4.74 Å². The fourth-order valence-electron chi connectivity index (χ4n) is 3.88. The fraction of sp³-hybridized carbons (Fsp3) is 0.320. The van der Waals surface area contributed by atoms with Gasteiger partial charge in [-0.15, -0.1) is 11.3 Å². The van der Waals surface area contributed by atoms with Gasteiger partial charge in [-0.2, -0.15) is 0 Å². The molecule has 0 radical (unpaired) electrons. The van der Waals surface area contributed by atoms with Gasteiger partial charge in [0.2, 0.25) is 5.91 Å². The van der Waals surface area contributed by atoms with E-state index in [9.17, 15) is 9.59 Å². The van der Waals surface area contributed by atoms with Crippen LogP contribution in [-0.2, 0) is 11.2 Å². The van der Waals surface area contributed by atoms with Crippen LogP contribution in [0.1, 0.15) is 28.9 Å². The molecule has 2 heterocycles. The van der Waals surface area contributed by atoms with E-state index in [0.717, 1.165) is 29.2 Å². The summed E-state index contributed by atoms with van der Waals surface area (Å²) in [5, 5.41) is 2.56. The minimum Gasteiger partial charge on any atom is -0.496 e. The van der Waals surface area contributed by atoms with Crippen molar-refractivity contribution < 1.29 is 14.3 Å². The quantitative estimate of drug-likeness (QED) is 0.544. The van der Waals surface area contributed by atoms with E-state index in [-0.39, 0.29) is 11.8 Å². The molecule has 0 atom stereocenters. The maximum absolute atomic E-state index is 12.9. The minimum absolute atomic E-state index is 0.0847. The summed E-state index contributed by atoms with van der Waals surface area (Å²) in [5.74, 6) is 0.818. The van der Waals surface area contributed by atoms with Crippen molar-refractivity contribution >= 4 is 23.2 Å². The van der Waals surface area contributed by atoms with Gasteiger partial charge < -0.3 is 14.5 Å². The summed E-state index contributed by atoms with van der Waals surface area (Å²) in [6.45, 7) is 2.20. The Kier molecular flexibility index (Phi) is 7.17. The van der Waals surface area contributed by atoms with Crippen LogP contribution in [0.4, 0.5) is 0 Å². The molecule has 0 aliphatic carbocycles. The predicted octanol–water partition coefficient (Wildman–Crippen LogP) is 4.13. The van der Waals surface area contributed by atoms with Gasteiger partial charge in [0.25, 0.3) is 5.91 Å². The van der Waals surface area contributed by atoms with Gasteiger partial charge >= 0.3 is 0 Å². The molecule has 166 valence electrons. The van der Waals surface area contributed by atoms with E-state index in [1.807, 2.05) is 47.4 Å². The Balaban J connectivity index is 1.28. The Labute approximate surface area is 192 Å². The molecule has 3 aromatic rings. The van der Waals surface area contributed by atoms with Gasteiger partial charge in [0.05, 0.1) is 12.7 Å². The number of amides is 2. The standard InChI is InChI=1S/C25H27N3O3S/c1-31-22-12-6-5-11-20(22)24-26-21(18-32-24)25(30)28-16-14-27(15-17-28)23(29)13-7-10-19-8-3-2-4-9-19/h2-6,8-9,11-12,18H,7,10,13-17H2,1H3. The van der Waals surface area contributed by atoms with E-state index < -0.39 is 0 Å². The van der Waals surface area contributed by atoms with E-state index in [1.54, 1.807) is 17.4 Å². The number of nitrogens with zero attached hydrogens (tertiary/aromatic N) is 3. The largest absolute Gasteiger partial charge is 0.496 e. The topological polar surface area (TPSA) is 62.7 Å². The lowest BCUT2D eigenvalue weighted by Crippen LogP contribution is -2.50. The van der Waals surface area contributed by atoms with E-state index in [4.69, 9.17) is 4.74 Å². The van der Waals surface area contributed by atoms with Crippen molar-refractivity contribution in [2.75, 3.05) is 33.3 Å². The van der Waals surface area contributed by atoms with Gasteiger partial charge in [0, 0.05) is 38.0 Å². The van der Waals surface area contributed by atoms with Crippen molar-refractivity contribution in [3.05, 3.63) is 71.2 Å². The fourth-order valence-corrected chi connectivity index (χ4v) is 4.71. The van der Waals surface area contributed by atoms with Gasteiger partial charge in [-0.05, 0) is 30.5 Å². The summed E-state index contributed by atoms with van der Waals surface area (Å²) in [7, 11) is 1.63. The summed E-state index contributed by atoms with van der Waals surface area (Å²) in [4.78, 5) is 33.7. The monoisotopic (exact) mass is 449 g/mol. The lowest BCUT2D eigenvalue weighted by molar-refractivity contribution is -0.132. The Morgan fingerprint density at radius 1 is 0.969 bits per heavy atom. The highest BCUT2D eigenvalue weighted by atomic mass is 32.1. The molecule has 32 heavy (non-hydrogen) atoms. The number of piperazine rings is 1. The van der Waals surface area contributed by atoms with Crippen LogP contribution in [0.5, 0.6) is 5.75 Å². The molecule has 0 spiro atoms. The molecule has 1 saturated heterocycles. The normalized spacial score (nSPS) is 13.8. The third-order valence-corrected chi connectivity index (χ3v) is 6.55. The number of ether oxygens (including phenoxy) is 1. The third-order valence-electron chi connectivity index (χ3n) is 5.68. The Bertz CT molecular complexity index is 1060. The molecule has 0 saturated carbocycles. The van der Waals surface area contributed by atoms with Gasteiger partial charge in [-0.3, -0.25) is 9.59 Å². The Morgan fingerprint density at radius 2 is 1.66 bits per heavy atom. The van der Waals surface area contributed by atoms with E-state index in [2.05, 4.69) is 17.1 Å². The number of carbonyl (C=O) groups is 2. The van der Waals surface area contributed by atoms with Gasteiger partial charge in [0.1, 0.15) is 16.5 Å². The predicted molar refractivity (Wildman–Crippen MR) is 126 cm³/mol. The molecule has 4 rings (SSSR count). The van der Waals surface area contributed by atoms with Crippen LogP contribution >= 0.6 is 11.3 Å². The van der Waals surface area contributed by atoms with E-state index >= 15 is 0 Å². The Morgan fingerprint density at radius 3 is 2.41 bits per heavy atom. The number of carbonyl (C=O) groups excluding carboxylic acids is 2. The summed E-state index contributed by atoms with van der Waals surface area (Å²) in [5.41, 5.74) is 2.58. The van der Waals surface area contributed by atoms with Crippen LogP contribution in [0.25, 0.3) is 10.6 Å². The van der Waals surface area contributed by atoms with Crippen LogP contribution in [0, 0.1) is 0 Å². The van der Waals surface area contributed by atoms with Crippen molar-refractivity contribution in [2.24, 2.45) is 0 Å². The highest BCUT2D eigenvalue weighted by Gasteiger charge is 2.26. The first-order chi connectivity index (χ1) is 15.7. The summed E-state index contributed by atoms with van der Waals surface area (Å²) in [6.07, 6.45) is 2.28. The third kappa shape index (κ3) is 5.16. The lowest BCUT2D eigenvalue weighted by atomic mass is 10.1. The SMILES string of the molecule is COc1ccccc1-c1nc(C(=O)N2CCN(C(=O)CCCc3ccccc3)CC2)cs1. The molecule has 1 aliphatic heterocycles. The van der Waals surface area contributed by atoms with Crippen molar-refractivity contribution in [2.45, 2.75) is 19.3 Å². The second-order valence-electron chi connectivity index (χ2n) is 7.75. The maximum atomic E-state index is 12.9. The maximum Gasteiger partial charge on any atom is 0.273 e. The molecular weight excluding hydrogens is 422 g/mol. The molecule has 0 bridgehead atoms. The molecular formula is C25H27N3O3S. The zero-order chi connectivity index (χ0) is 22.3. The summed E-state index contributed by atoms with van der Waals surface area (Å²) < 4.78 is 5.41. The van der Waals surface area contributed by atoms with Gasteiger partial charge in [0.15, 0.2) is 0 Å². The second-order valence-corrected chi connectivity index (χ2v) is 8.61. The lowest BCUT2D eigenvalue weighted by Gasteiger charge is -2.34.